The number of anilines is 2. The molecule has 1 saturated heterocycles. The van der Waals surface area contributed by atoms with Gasteiger partial charge in [0.1, 0.15) is 11.6 Å². The molecule has 0 radical (unpaired) electrons. The molecule has 1 atom stereocenters. The molecule has 6 rings (SSSR count). The van der Waals surface area contributed by atoms with Crippen molar-refractivity contribution in [2.24, 2.45) is 17.8 Å². The molecule has 0 spiro atoms. The molecule has 1 amide bonds. The van der Waals surface area contributed by atoms with Gasteiger partial charge < -0.3 is 19.5 Å². The first-order chi connectivity index (χ1) is 21.0. The van der Waals surface area contributed by atoms with E-state index in [-0.39, 0.29) is 18.2 Å². The minimum Gasteiger partial charge on any atom is -0.497 e. The van der Waals surface area contributed by atoms with E-state index in [9.17, 15) is 14.7 Å². The smallest absolute Gasteiger partial charge is 0.303 e. The van der Waals surface area contributed by atoms with Crippen LogP contribution in [0.3, 0.4) is 0 Å². The van der Waals surface area contributed by atoms with Gasteiger partial charge in [0.2, 0.25) is 5.88 Å². The zero-order valence-corrected chi connectivity index (χ0v) is 24.7. The third-order valence-corrected chi connectivity index (χ3v) is 8.94. The summed E-state index contributed by atoms with van der Waals surface area (Å²) < 4.78 is 11.7. The minimum atomic E-state index is -0.767. The summed E-state index contributed by atoms with van der Waals surface area (Å²) in [5, 5.41) is 9.38. The van der Waals surface area contributed by atoms with E-state index in [1.807, 2.05) is 53.4 Å². The van der Waals surface area contributed by atoms with Gasteiger partial charge in [0.05, 0.1) is 31.4 Å². The van der Waals surface area contributed by atoms with E-state index >= 15 is 0 Å². The quantitative estimate of drug-likeness (QED) is 0.269. The number of aromatic nitrogens is 2. The number of carbonyl (C=O) groups is 2. The number of carboxylic acids is 1. The molecule has 2 saturated carbocycles. The molecule has 1 N–H and O–H groups in total. The molecule has 3 heterocycles. The predicted molar refractivity (Wildman–Crippen MR) is 164 cm³/mol. The van der Waals surface area contributed by atoms with Gasteiger partial charge >= 0.3 is 5.97 Å². The van der Waals surface area contributed by atoms with Crippen molar-refractivity contribution in [3.63, 3.8) is 0 Å². The van der Waals surface area contributed by atoms with E-state index in [2.05, 4.69) is 14.9 Å². The SMILES string of the molecule is COc1ccc(C(=O)N(CC2CC2)c2ccccn2)c(N2CCC(COc3cc(C(CC(=O)O)C4CC4)ccn3)CC2)c1. The van der Waals surface area contributed by atoms with Crippen molar-refractivity contribution < 1.29 is 24.2 Å². The van der Waals surface area contributed by atoms with E-state index < -0.39 is 5.97 Å². The van der Waals surface area contributed by atoms with Crippen LogP contribution in [0.15, 0.2) is 60.9 Å². The number of amides is 1. The first kappa shape index (κ1) is 29.0. The molecule has 226 valence electrons. The Morgan fingerprint density at radius 2 is 1.79 bits per heavy atom. The molecule has 1 aromatic carbocycles. The van der Waals surface area contributed by atoms with Crippen molar-refractivity contribution in [2.45, 2.75) is 50.9 Å². The number of aliphatic carboxylic acids is 1. The number of carbonyl (C=O) groups excluding carboxylic acids is 1. The van der Waals surface area contributed by atoms with E-state index in [4.69, 9.17) is 9.47 Å². The molecular formula is C34H40N4O5. The maximum atomic E-state index is 14.0. The normalized spacial score (nSPS) is 17.7. The molecule has 2 aliphatic carbocycles. The summed E-state index contributed by atoms with van der Waals surface area (Å²) in [7, 11) is 1.65. The van der Waals surface area contributed by atoms with Crippen LogP contribution in [-0.4, -0.2) is 60.3 Å². The van der Waals surface area contributed by atoms with Crippen LogP contribution in [0.25, 0.3) is 0 Å². The van der Waals surface area contributed by atoms with Crippen molar-refractivity contribution in [2.75, 3.05) is 43.2 Å². The molecule has 3 aromatic rings. The average molecular weight is 585 g/mol. The Balaban J connectivity index is 1.11. The van der Waals surface area contributed by atoms with Crippen molar-refractivity contribution >= 4 is 23.4 Å². The van der Waals surface area contributed by atoms with E-state index in [0.29, 0.717) is 48.2 Å². The zero-order chi connectivity index (χ0) is 29.8. The van der Waals surface area contributed by atoms with Crippen LogP contribution in [0.5, 0.6) is 11.6 Å². The fraction of sp³-hybridized carbons (Fsp3) is 0.471. The molecule has 9 heteroatoms. The summed E-state index contributed by atoms with van der Waals surface area (Å²) in [5.74, 6) is 2.49. The Bertz CT molecular complexity index is 1420. The van der Waals surface area contributed by atoms with E-state index in [0.717, 1.165) is 68.6 Å². The number of carboxylic acid groups (broad SMARTS) is 1. The standard InChI is InChI=1S/C34H40N4O5/c1-42-27-9-10-28(34(41)38(21-23-5-6-23)31-4-2-3-14-35-31)30(19-27)37-16-12-24(13-17-37)22-43-32-18-26(11-15-36-32)29(20-33(39)40)25-7-8-25/h2-4,9-11,14-15,18-19,23-25,29H,5-8,12-13,16-17,20-22H2,1H3,(H,39,40). The average Bonchev–Trinajstić information content (AvgIpc) is 3.97. The minimum absolute atomic E-state index is 0.0173. The monoisotopic (exact) mass is 584 g/mol. The molecule has 3 aliphatic rings. The molecule has 2 aromatic heterocycles. The lowest BCUT2D eigenvalue weighted by Gasteiger charge is -2.35. The topological polar surface area (TPSA) is 105 Å². The number of hydrogen-bond acceptors (Lipinski definition) is 7. The maximum Gasteiger partial charge on any atom is 0.303 e. The molecular weight excluding hydrogens is 544 g/mol. The Labute approximate surface area is 252 Å². The highest BCUT2D eigenvalue weighted by Crippen LogP contribution is 2.45. The summed E-state index contributed by atoms with van der Waals surface area (Å²) in [6, 6.07) is 15.2. The fourth-order valence-electron chi connectivity index (χ4n) is 6.10. The maximum absolute atomic E-state index is 14.0. The van der Waals surface area contributed by atoms with Crippen LogP contribution in [0, 0.1) is 17.8 Å². The summed E-state index contributed by atoms with van der Waals surface area (Å²) in [6.07, 6.45) is 9.88. The number of pyridine rings is 2. The molecule has 43 heavy (non-hydrogen) atoms. The van der Waals surface area contributed by atoms with Gasteiger partial charge in [-0.15, -0.1) is 0 Å². The number of hydrogen-bond donors (Lipinski definition) is 1. The zero-order valence-electron chi connectivity index (χ0n) is 24.7. The first-order valence-electron chi connectivity index (χ1n) is 15.4. The highest BCUT2D eigenvalue weighted by molar-refractivity contribution is 6.09. The summed E-state index contributed by atoms with van der Waals surface area (Å²) >= 11 is 0. The van der Waals surface area contributed by atoms with Gasteiger partial charge in [0.15, 0.2) is 0 Å². The highest BCUT2D eigenvalue weighted by atomic mass is 16.5. The summed E-state index contributed by atoms with van der Waals surface area (Å²) in [5.41, 5.74) is 2.55. The lowest BCUT2D eigenvalue weighted by molar-refractivity contribution is -0.137. The van der Waals surface area contributed by atoms with E-state index in [1.165, 1.54) is 0 Å². The van der Waals surface area contributed by atoms with Crippen molar-refractivity contribution in [1.29, 1.82) is 0 Å². The predicted octanol–water partition coefficient (Wildman–Crippen LogP) is 5.81. The largest absolute Gasteiger partial charge is 0.497 e. The van der Waals surface area contributed by atoms with Crippen LogP contribution in [0.4, 0.5) is 11.5 Å². The Morgan fingerprint density at radius 1 is 0.977 bits per heavy atom. The second kappa shape index (κ2) is 13.0. The third-order valence-electron chi connectivity index (χ3n) is 8.94. The van der Waals surface area contributed by atoms with Gasteiger partial charge in [-0.2, -0.15) is 0 Å². The van der Waals surface area contributed by atoms with Gasteiger partial charge in [-0.1, -0.05) is 6.07 Å². The van der Waals surface area contributed by atoms with E-state index in [1.54, 1.807) is 19.5 Å². The fourth-order valence-corrected chi connectivity index (χ4v) is 6.10. The Kier molecular flexibility index (Phi) is 8.77. The molecule has 0 bridgehead atoms. The second-order valence-corrected chi connectivity index (χ2v) is 12.1. The van der Waals surface area contributed by atoms with Crippen LogP contribution in [-0.2, 0) is 4.79 Å². The van der Waals surface area contributed by atoms with Gasteiger partial charge in [0.25, 0.3) is 5.91 Å². The highest BCUT2D eigenvalue weighted by Gasteiger charge is 2.34. The van der Waals surface area contributed by atoms with Gasteiger partial charge in [-0.25, -0.2) is 9.97 Å². The lowest BCUT2D eigenvalue weighted by Crippen LogP contribution is -2.38. The van der Waals surface area contributed by atoms with Crippen LogP contribution in [0.2, 0.25) is 0 Å². The number of methoxy groups -OCH3 is 1. The molecule has 1 aliphatic heterocycles. The van der Waals surface area contributed by atoms with Crippen LogP contribution < -0.4 is 19.3 Å². The molecule has 3 fully saturated rings. The number of benzene rings is 1. The van der Waals surface area contributed by atoms with Crippen molar-refractivity contribution in [1.82, 2.24) is 9.97 Å². The van der Waals surface area contributed by atoms with Gasteiger partial charge in [0, 0.05) is 44.2 Å². The van der Waals surface area contributed by atoms with Crippen molar-refractivity contribution in [3.05, 3.63) is 72.1 Å². The lowest BCUT2D eigenvalue weighted by atomic mass is 9.92. The van der Waals surface area contributed by atoms with Crippen LogP contribution >= 0.6 is 0 Å². The molecule has 9 nitrogen and oxygen atoms in total. The number of piperidine rings is 1. The Hall–Kier alpha value is -4.14. The number of nitrogens with zero attached hydrogens (tertiary/aromatic N) is 4. The second-order valence-electron chi connectivity index (χ2n) is 12.1. The third kappa shape index (κ3) is 7.27. The summed E-state index contributed by atoms with van der Waals surface area (Å²) in [6.45, 7) is 2.82. The van der Waals surface area contributed by atoms with Crippen LogP contribution in [0.1, 0.15) is 66.8 Å². The van der Waals surface area contributed by atoms with Crippen molar-refractivity contribution in [3.8, 4) is 11.6 Å². The first-order valence-corrected chi connectivity index (χ1v) is 15.4. The van der Waals surface area contributed by atoms with Gasteiger partial charge in [-0.3, -0.25) is 14.5 Å². The van der Waals surface area contributed by atoms with Gasteiger partial charge in [-0.05, 0) is 98.1 Å². The Morgan fingerprint density at radius 3 is 2.47 bits per heavy atom. The number of ether oxygens (including phenoxy) is 2. The number of rotatable bonds is 13. The summed E-state index contributed by atoms with van der Waals surface area (Å²) in [4.78, 5) is 38.5. The molecule has 1 unspecified atom stereocenters.